The molecule has 1 amide bonds. The lowest BCUT2D eigenvalue weighted by molar-refractivity contribution is 0.0721. The van der Waals surface area contributed by atoms with E-state index in [-0.39, 0.29) is 11.9 Å². The maximum atomic E-state index is 13.0. The predicted molar refractivity (Wildman–Crippen MR) is 85.9 cm³/mol. The minimum absolute atomic E-state index is 0.169. The molecule has 22 heavy (non-hydrogen) atoms. The van der Waals surface area contributed by atoms with Crippen molar-refractivity contribution < 1.29 is 4.79 Å². The Hall–Kier alpha value is -2.04. The minimum Gasteiger partial charge on any atom is -0.349 e. The van der Waals surface area contributed by atoms with Crippen LogP contribution >= 0.6 is 0 Å². The number of carbonyl (C=O) groups is 1. The van der Waals surface area contributed by atoms with Gasteiger partial charge in [-0.15, -0.1) is 0 Å². The highest BCUT2D eigenvalue weighted by atomic mass is 16.2. The van der Waals surface area contributed by atoms with E-state index in [1.807, 2.05) is 34.8 Å². The van der Waals surface area contributed by atoms with Gasteiger partial charge in [-0.2, -0.15) is 5.10 Å². The van der Waals surface area contributed by atoms with Crippen molar-refractivity contribution in [2.75, 3.05) is 6.54 Å². The number of hydrogen-bond donors (Lipinski definition) is 0. The maximum absolute atomic E-state index is 13.0. The molecule has 1 aliphatic rings. The van der Waals surface area contributed by atoms with Crippen molar-refractivity contribution in [3.8, 4) is 0 Å². The van der Waals surface area contributed by atoms with E-state index < -0.39 is 0 Å². The molecular weight excluding hydrogens is 276 g/mol. The molecule has 2 aromatic rings. The zero-order valence-corrected chi connectivity index (χ0v) is 13.6. The van der Waals surface area contributed by atoms with Gasteiger partial charge in [-0.1, -0.05) is 0 Å². The molecule has 0 spiro atoms. The summed E-state index contributed by atoms with van der Waals surface area (Å²) in [6.07, 6.45) is 5.88. The lowest BCUT2D eigenvalue weighted by Crippen LogP contribution is -2.38. The quantitative estimate of drug-likeness (QED) is 0.871. The molecule has 1 aliphatic heterocycles. The van der Waals surface area contributed by atoms with E-state index in [1.165, 1.54) is 0 Å². The summed E-state index contributed by atoms with van der Waals surface area (Å²) in [5.41, 5.74) is 3.09. The largest absolute Gasteiger partial charge is 0.349 e. The summed E-state index contributed by atoms with van der Waals surface area (Å²) in [4.78, 5) is 15.0. The lowest BCUT2D eigenvalue weighted by atomic mass is 10.2. The number of aromatic nitrogens is 3. The first-order valence-corrected chi connectivity index (χ1v) is 8.07. The average molecular weight is 300 g/mol. The van der Waals surface area contributed by atoms with Gasteiger partial charge >= 0.3 is 0 Å². The van der Waals surface area contributed by atoms with Crippen LogP contribution in [0.2, 0.25) is 0 Å². The Balaban J connectivity index is 1.81. The zero-order valence-electron chi connectivity index (χ0n) is 13.6. The molecule has 0 aromatic carbocycles. The van der Waals surface area contributed by atoms with E-state index in [4.69, 9.17) is 0 Å². The van der Waals surface area contributed by atoms with Crippen molar-refractivity contribution in [3.05, 3.63) is 41.5 Å². The number of rotatable bonds is 4. The van der Waals surface area contributed by atoms with Crippen LogP contribution in [-0.4, -0.2) is 37.7 Å². The van der Waals surface area contributed by atoms with E-state index in [2.05, 4.69) is 23.5 Å². The number of carbonyl (C=O) groups excluding carboxylic acids is 1. The van der Waals surface area contributed by atoms with Crippen molar-refractivity contribution in [1.82, 2.24) is 19.2 Å². The fraction of sp³-hybridized carbons (Fsp3) is 0.529. The Bertz CT molecular complexity index is 657. The second kappa shape index (κ2) is 5.99. The molecule has 0 aliphatic carbocycles. The van der Waals surface area contributed by atoms with Gasteiger partial charge in [0.15, 0.2) is 0 Å². The van der Waals surface area contributed by atoms with Gasteiger partial charge in [-0.05, 0) is 45.7 Å². The van der Waals surface area contributed by atoms with Crippen molar-refractivity contribution >= 4 is 5.91 Å². The SMILES string of the molecule is CCn1c(C)cc(C(=O)N2CCCC2Cn2cccn2)c1C. The number of nitrogens with zero attached hydrogens (tertiary/aromatic N) is 4. The molecule has 0 radical (unpaired) electrons. The molecule has 1 fully saturated rings. The van der Waals surface area contributed by atoms with Crippen LogP contribution in [0.1, 0.15) is 41.5 Å². The Labute approximate surface area is 131 Å². The molecule has 3 rings (SSSR count). The standard InChI is InChI=1S/C17H24N4O/c1-4-20-13(2)11-16(14(20)3)17(22)21-10-5-7-15(21)12-19-9-6-8-18-19/h6,8-9,11,15H,4-5,7,10,12H2,1-3H3. The monoisotopic (exact) mass is 300 g/mol. The normalized spacial score (nSPS) is 18.1. The topological polar surface area (TPSA) is 43.1 Å². The molecule has 0 bridgehead atoms. The van der Waals surface area contributed by atoms with Crippen molar-refractivity contribution in [2.45, 2.75) is 52.7 Å². The number of aryl methyl sites for hydroxylation is 1. The number of amides is 1. The zero-order chi connectivity index (χ0) is 15.7. The van der Waals surface area contributed by atoms with Gasteiger partial charge in [0.25, 0.3) is 5.91 Å². The molecule has 5 nitrogen and oxygen atoms in total. The van der Waals surface area contributed by atoms with Gasteiger partial charge < -0.3 is 9.47 Å². The third-order valence-corrected chi connectivity index (χ3v) is 4.72. The molecule has 0 saturated carbocycles. The van der Waals surface area contributed by atoms with Crippen molar-refractivity contribution in [3.63, 3.8) is 0 Å². The first-order chi connectivity index (χ1) is 10.6. The highest BCUT2D eigenvalue weighted by Gasteiger charge is 2.31. The molecule has 5 heteroatoms. The summed E-state index contributed by atoms with van der Waals surface area (Å²) >= 11 is 0. The van der Waals surface area contributed by atoms with Gasteiger partial charge in [0.05, 0.1) is 18.2 Å². The maximum Gasteiger partial charge on any atom is 0.255 e. The van der Waals surface area contributed by atoms with E-state index in [0.717, 1.165) is 49.4 Å². The van der Waals surface area contributed by atoms with E-state index >= 15 is 0 Å². The fourth-order valence-electron chi connectivity index (χ4n) is 3.58. The van der Waals surface area contributed by atoms with Crippen LogP contribution in [0.25, 0.3) is 0 Å². The van der Waals surface area contributed by atoms with Gasteiger partial charge in [-0.3, -0.25) is 9.48 Å². The van der Waals surface area contributed by atoms with Gasteiger partial charge in [0.2, 0.25) is 0 Å². The summed E-state index contributed by atoms with van der Waals surface area (Å²) in [5, 5.41) is 4.27. The van der Waals surface area contributed by atoms with Crippen LogP contribution in [-0.2, 0) is 13.1 Å². The van der Waals surface area contributed by atoms with Crippen LogP contribution in [0.4, 0.5) is 0 Å². The Kier molecular flexibility index (Phi) is 4.05. The third-order valence-electron chi connectivity index (χ3n) is 4.72. The third kappa shape index (κ3) is 2.56. The Morgan fingerprint density at radius 3 is 2.86 bits per heavy atom. The highest BCUT2D eigenvalue weighted by Crippen LogP contribution is 2.24. The predicted octanol–water partition coefficient (Wildman–Crippen LogP) is 2.63. The molecular formula is C17H24N4O. The van der Waals surface area contributed by atoms with Crippen molar-refractivity contribution in [1.29, 1.82) is 0 Å². The molecule has 1 unspecified atom stereocenters. The molecule has 3 heterocycles. The summed E-state index contributed by atoms with van der Waals surface area (Å²) in [6, 6.07) is 4.21. The van der Waals surface area contributed by atoms with Crippen molar-refractivity contribution in [2.24, 2.45) is 0 Å². The first kappa shape index (κ1) is 14.9. The van der Waals surface area contributed by atoms with Crippen LogP contribution in [0.15, 0.2) is 24.5 Å². The second-order valence-electron chi connectivity index (χ2n) is 6.05. The molecule has 118 valence electrons. The van der Waals surface area contributed by atoms with Crippen LogP contribution in [0, 0.1) is 13.8 Å². The smallest absolute Gasteiger partial charge is 0.255 e. The van der Waals surface area contributed by atoms with E-state index in [0.29, 0.717) is 0 Å². The molecule has 1 saturated heterocycles. The fourth-order valence-corrected chi connectivity index (χ4v) is 3.58. The summed E-state index contributed by atoms with van der Waals surface area (Å²) in [5.74, 6) is 0.169. The molecule has 0 N–H and O–H groups in total. The average Bonchev–Trinajstić information content (AvgIpc) is 3.21. The van der Waals surface area contributed by atoms with E-state index in [9.17, 15) is 4.79 Å². The lowest BCUT2D eigenvalue weighted by Gasteiger charge is -2.25. The van der Waals surface area contributed by atoms with Gasteiger partial charge in [-0.25, -0.2) is 0 Å². The minimum atomic E-state index is 0.169. The summed E-state index contributed by atoms with van der Waals surface area (Å²) < 4.78 is 4.12. The highest BCUT2D eigenvalue weighted by molar-refractivity contribution is 5.96. The van der Waals surface area contributed by atoms with Crippen LogP contribution < -0.4 is 0 Å². The van der Waals surface area contributed by atoms with Crippen LogP contribution in [0.3, 0.4) is 0 Å². The first-order valence-electron chi connectivity index (χ1n) is 8.07. The Morgan fingerprint density at radius 2 is 2.23 bits per heavy atom. The number of likely N-dealkylation sites (tertiary alicyclic amines) is 1. The van der Waals surface area contributed by atoms with Gasteiger partial charge in [0.1, 0.15) is 0 Å². The second-order valence-corrected chi connectivity index (χ2v) is 6.05. The number of hydrogen-bond acceptors (Lipinski definition) is 2. The summed E-state index contributed by atoms with van der Waals surface area (Å²) in [6.45, 7) is 8.76. The molecule has 2 aromatic heterocycles. The summed E-state index contributed by atoms with van der Waals surface area (Å²) in [7, 11) is 0. The van der Waals surface area contributed by atoms with Crippen LogP contribution in [0.5, 0.6) is 0 Å². The Morgan fingerprint density at radius 1 is 1.41 bits per heavy atom. The van der Waals surface area contributed by atoms with Gasteiger partial charge in [0, 0.05) is 36.9 Å². The van der Waals surface area contributed by atoms with E-state index in [1.54, 1.807) is 6.20 Å². The molecule has 1 atom stereocenters.